The molecule has 2 aliphatic rings. The van der Waals surface area contributed by atoms with Crippen molar-refractivity contribution in [1.82, 2.24) is 0 Å². The smallest absolute Gasteiger partial charge is 0.210 e. The number of allylic oxidation sites excluding steroid dienone is 5. The van der Waals surface area contributed by atoms with Gasteiger partial charge < -0.3 is 4.74 Å². The molecule has 0 fully saturated rings. The first kappa shape index (κ1) is 17.7. The molecule has 2 aromatic rings. The fraction of sp³-hybridized carbons (Fsp3) is 0.240. The average Bonchev–Trinajstić information content (AvgIpc) is 2.89. The summed E-state index contributed by atoms with van der Waals surface area (Å²) in [6.45, 7) is 4.63. The Morgan fingerprint density at radius 1 is 1.07 bits per heavy atom. The van der Waals surface area contributed by atoms with Gasteiger partial charge in [-0.05, 0) is 36.3 Å². The average molecular weight is 356 g/mol. The van der Waals surface area contributed by atoms with Crippen LogP contribution in [0.2, 0.25) is 0 Å². The van der Waals surface area contributed by atoms with E-state index >= 15 is 0 Å². The summed E-state index contributed by atoms with van der Waals surface area (Å²) in [4.78, 5) is 0. The summed E-state index contributed by atoms with van der Waals surface area (Å²) in [5, 5.41) is 2.64. The van der Waals surface area contributed by atoms with Gasteiger partial charge >= 0.3 is 0 Å². The van der Waals surface area contributed by atoms with Crippen molar-refractivity contribution in [2.75, 3.05) is 14.2 Å². The van der Waals surface area contributed by atoms with Gasteiger partial charge in [0.05, 0.1) is 5.41 Å². The highest BCUT2D eigenvalue weighted by molar-refractivity contribution is 6.07. The number of fused-ring (bicyclic) bond motifs is 3. The van der Waals surface area contributed by atoms with Crippen LogP contribution in [0.25, 0.3) is 10.8 Å². The molecule has 136 valence electrons. The molecule has 0 amide bonds. The second-order valence-corrected chi connectivity index (χ2v) is 7.68. The number of nitrogens with zero attached hydrogens (tertiary/aromatic N) is 1. The van der Waals surface area contributed by atoms with Crippen LogP contribution in [0, 0.1) is 0 Å². The lowest BCUT2D eigenvalue weighted by molar-refractivity contribution is -0.401. The number of benzene rings is 2. The van der Waals surface area contributed by atoms with Gasteiger partial charge in [0, 0.05) is 24.8 Å². The van der Waals surface area contributed by atoms with E-state index < -0.39 is 0 Å². The summed E-state index contributed by atoms with van der Waals surface area (Å²) in [6, 6.07) is 13.1. The molecular weight excluding hydrogens is 330 g/mol. The summed E-state index contributed by atoms with van der Waals surface area (Å²) >= 11 is 0. The SMILES string of the molecule is COC1C=CC=C/C1=C\C=C\C1=[N+](C)c2ccc3ccccc3c2C1(C)C. The van der Waals surface area contributed by atoms with E-state index in [1.165, 1.54) is 33.3 Å². The monoisotopic (exact) mass is 356 g/mol. The fourth-order valence-electron chi connectivity index (χ4n) is 4.35. The van der Waals surface area contributed by atoms with E-state index in [1.54, 1.807) is 7.11 Å². The van der Waals surface area contributed by atoms with Gasteiger partial charge in [-0.1, -0.05) is 60.7 Å². The Morgan fingerprint density at radius 3 is 2.70 bits per heavy atom. The third-order valence-corrected chi connectivity index (χ3v) is 5.71. The van der Waals surface area contributed by atoms with Crippen molar-refractivity contribution in [3.8, 4) is 0 Å². The Morgan fingerprint density at radius 2 is 1.89 bits per heavy atom. The predicted molar refractivity (Wildman–Crippen MR) is 114 cm³/mol. The number of ether oxygens (including phenoxy) is 1. The fourth-order valence-corrected chi connectivity index (χ4v) is 4.35. The molecule has 1 aliphatic carbocycles. The standard InChI is InChI=1S/C25H26NO/c1-25(2)23(15-9-12-19-11-6-8-14-22(19)27-4)26(3)21-17-16-18-10-5-7-13-20(18)24(21)25/h5-17,22H,1-4H3/q+1/b15-9+,19-12+. The second kappa shape index (κ2) is 6.79. The Hall–Kier alpha value is -2.71. The molecule has 1 unspecified atom stereocenters. The van der Waals surface area contributed by atoms with Gasteiger partial charge in [0.1, 0.15) is 13.2 Å². The molecule has 1 atom stereocenters. The van der Waals surface area contributed by atoms with Crippen LogP contribution in [-0.4, -0.2) is 30.5 Å². The number of hydrogen-bond donors (Lipinski definition) is 0. The summed E-state index contributed by atoms with van der Waals surface area (Å²) in [5.74, 6) is 0. The van der Waals surface area contributed by atoms with Crippen molar-refractivity contribution < 1.29 is 9.31 Å². The topological polar surface area (TPSA) is 12.2 Å². The normalized spacial score (nSPS) is 22.4. The van der Waals surface area contributed by atoms with Gasteiger partial charge in [-0.2, -0.15) is 4.58 Å². The Kier molecular flexibility index (Phi) is 4.45. The molecule has 0 saturated carbocycles. The van der Waals surface area contributed by atoms with Gasteiger partial charge in [0.15, 0.2) is 5.71 Å². The first-order valence-electron chi connectivity index (χ1n) is 9.43. The molecule has 0 saturated heterocycles. The van der Waals surface area contributed by atoms with Crippen molar-refractivity contribution in [1.29, 1.82) is 0 Å². The van der Waals surface area contributed by atoms with Gasteiger partial charge in [0.25, 0.3) is 0 Å². The molecule has 1 heterocycles. The van der Waals surface area contributed by atoms with Crippen LogP contribution < -0.4 is 0 Å². The molecule has 2 aromatic carbocycles. The van der Waals surface area contributed by atoms with Crippen molar-refractivity contribution >= 4 is 22.2 Å². The van der Waals surface area contributed by atoms with E-state index in [-0.39, 0.29) is 11.5 Å². The van der Waals surface area contributed by atoms with Crippen molar-refractivity contribution in [2.45, 2.75) is 25.4 Å². The van der Waals surface area contributed by atoms with Crippen LogP contribution in [0.15, 0.2) is 84.5 Å². The van der Waals surface area contributed by atoms with Crippen LogP contribution in [0.5, 0.6) is 0 Å². The zero-order valence-electron chi connectivity index (χ0n) is 16.4. The zero-order chi connectivity index (χ0) is 19.0. The molecule has 2 nitrogen and oxygen atoms in total. The van der Waals surface area contributed by atoms with E-state index in [0.717, 1.165) is 0 Å². The van der Waals surface area contributed by atoms with Gasteiger partial charge in [-0.15, -0.1) is 0 Å². The second-order valence-electron chi connectivity index (χ2n) is 7.68. The highest BCUT2D eigenvalue weighted by atomic mass is 16.5. The van der Waals surface area contributed by atoms with E-state index in [0.29, 0.717) is 0 Å². The Balaban J connectivity index is 1.74. The van der Waals surface area contributed by atoms with E-state index in [9.17, 15) is 0 Å². The summed E-state index contributed by atoms with van der Waals surface area (Å²) < 4.78 is 7.85. The Labute approximate surface area is 161 Å². The number of hydrogen-bond acceptors (Lipinski definition) is 1. The van der Waals surface area contributed by atoms with Gasteiger partial charge in [0.2, 0.25) is 5.69 Å². The molecular formula is C25H26NO+. The zero-order valence-corrected chi connectivity index (χ0v) is 16.4. The van der Waals surface area contributed by atoms with E-state index in [1.807, 2.05) is 6.08 Å². The van der Waals surface area contributed by atoms with Crippen molar-refractivity contribution in [2.24, 2.45) is 0 Å². The van der Waals surface area contributed by atoms with Crippen molar-refractivity contribution in [3.05, 3.63) is 90.1 Å². The summed E-state index contributed by atoms with van der Waals surface area (Å²) in [6.07, 6.45) is 14.8. The largest absolute Gasteiger partial charge is 0.373 e. The molecule has 0 radical (unpaired) electrons. The third-order valence-electron chi connectivity index (χ3n) is 5.71. The number of rotatable bonds is 3. The summed E-state index contributed by atoms with van der Waals surface area (Å²) in [5.41, 5.74) is 5.11. The van der Waals surface area contributed by atoms with Crippen LogP contribution in [0.1, 0.15) is 19.4 Å². The molecule has 1 aliphatic heterocycles. The highest BCUT2D eigenvalue weighted by Crippen LogP contribution is 2.43. The minimum atomic E-state index is -0.0527. The number of methoxy groups -OCH3 is 1. The molecule has 2 heteroatoms. The molecule has 0 N–H and O–H groups in total. The molecule has 27 heavy (non-hydrogen) atoms. The maximum absolute atomic E-state index is 5.53. The summed E-state index contributed by atoms with van der Waals surface area (Å²) in [7, 11) is 3.91. The van der Waals surface area contributed by atoms with Crippen LogP contribution in [0.3, 0.4) is 0 Å². The lowest BCUT2D eigenvalue weighted by Crippen LogP contribution is -2.26. The Bertz CT molecular complexity index is 1050. The first-order valence-corrected chi connectivity index (χ1v) is 9.43. The lowest BCUT2D eigenvalue weighted by Gasteiger charge is -2.17. The minimum absolute atomic E-state index is 0.0279. The first-order chi connectivity index (χ1) is 13.0. The van der Waals surface area contributed by atoms with Crippen molar-refractivity contribution in [3.63, 3.8) is 0 Å². The molecule has 0 bridgehead atoms. The van der Waals surface area contributed by atoms with E-state index in [4.69, 9.17) is 4.74 Å². The minimum Gasteiger partial charge on any atom is -0.373 e. The van der Waals surface area contributed by atoms with E-state index in [2.05, 4.69) is 98.3 Å². The van der Waals surface area contributed by atoms with Crippen LogP contribution >= 0.6 is 0 Å². The maximum Gasteiger partial charge on any atom is 0.210 e. The van der Waals surface area contributed by atoms with Gasteiger partial charge in [-0.3, -0.25) is 0 Å². The molecule has 0 spiro atoms. The van der Waals surface area contributed by atoms with Gasteiger partial charge in [-0.25, -0.2) is 0 Å². The molecule has 4 rings (SSSR count). The van der Waals surface area contributed by atoms with Crippen LogP contribution in [-0.2, 0) is 10.2 Å². The third kappa shape index (κ3) is 2.90. The lowest BCUT2D eigenvalue weighted by atomic mass is 9.79. The highest BCUT2D eigenvalue weighted by Gasteiger charge is 2.43. The molecule has 0 aromatic heterocycles. The van der Waals surface area contributed by atoms with Crippen LogP contribution in [0.4, 0.5) is 5.69 Å². The predicted octanol–water partition coefficient (Wildman–Crippen LogP) is 5.47. The maximum atomic E-state index is 5.53. The quantitative estimate of drug-likeness (QED) is 0.664.